The van der Waals surface area contributed by atoms with Gasteiger partial charge in [-0.2, -0.15) is 0 Å². The number of hydrogen-bond acceptors (Lipinski definition) is 2. The fourth-order valence-corrected chi connectivity index (χ4v) is 2.45. The second-order valence-corrected chi connectivity index (χ2v) is 6.01. The van der Waals surface area contributed by atoms with Gasteiger partial charge in [0.25, 0.3) is 0 Å². The molecule has 0 amide bonds. The van der Waals surface area contributed by atoms with E-state index >= 15 is 0 Å². The van der Waals surface area contributed by atoms with Crippen LogP contribution < -0.4 is 5.32 Å². The van der Waals surface area contributed by atoms with Crippen molar-refractivity contribution in [1.29, 1.82) is 0 Å². The topological polar surface area (TPSA) is 15.3 Å². The monoisotopic (exact) mass is 226 g/mol. The van der Waals surface area contributed by atoms with E-state index in [-0.39, 0.29) is 0 Å². The van der Waals surface area contributed by atoms with Crippen molar-refractivity contribution in [1.82, 2.24) is 10.2 Å². The Bertz CT molecular complexity index is 203. The molecule has 16 heavy (non-hydrogen) atoms. The molecule has 0 aromatic heterocycles. The van der Waals surface area contributed by atoms with Crippen molar-refractivity contribution < 1.29 is 0 Å². The van der Waals surface area contributed by atoms with Gasteiger partial charge in [-0.3, -0.25) is 4.90 Å². The van der Waals surface area contributed by atoms with Gasteiger partial charge in [-0.05, 0) is 38.6 Å². The Balaban J connectivity index is 2.53. The van der Waals surface area contributed by atoms with Crippen molar-refractivity contribution in [3.05, 3.63) is 0 Å². The standard InChI is InChI=1S/C14H30N2/c1-6-13-10-15-14(5,7-2)11-16(13)9-8-12(3)4/h12-13,15H,6-11H2,1-5H3. The van der Waals surface area contributed by atoms with E-state index in [0.717, 1.165) is 12.0 Å². The summed E-state index contributed by atoms with van der Waals surface area (Å²) in [4.78, 5) is 2.71. The summed E-state index contributed by atoms with van der Waals surface area (Å²) in [6, 6.07) is 0.748. The van der Waals surface area contributed by atoms with Crippen LogP contribution in [0.2, 0.25) is 0 Å². The molecule has 0 aromatic rings. The molecule has 1 fully saturated rings. The fourth-order valence-electron chi connectivity index (χ4n) is 2.45. The zero-order valence-corrected chi connectivity index (χ0v) is 11.8. The lowest BCUT2D eigenvalue weighted by Crippen LogP contribution is -2.62. The largest absolute Gasteiger partial charge is 0.309 e. The molecule has 1 saturated heterocycles. The predicted octanol–water partition coefficient (Wildman–Crippen LogP) is 2.89. The first kappa shape index (κ1) is 14.0. The summed E-state index contributed by atoms with van der Waals surface area (Å²) in [6.45, 7) is 15.3. The van der Waals surface area contributed by atoms with Crippen LogP contribution in [-0.4, -0.2) is 36.1 Å². The molecule has 2 unspecified atom stereocenters. The number of piperazine rings is 1. The van der Waals surface area contributed by atoms with E-state index < -0.39 is 0 Å². The minimum atomic E-state index is 0.336. The quantitative estimate of drug-likeness (QED) is 0.775. The molecule has 1 heterocycles. The Kier molecular flexibility index (Phi) is 5.26. The first-order chi connectivity index (χ1) is 7.50. The van der Waals surface area contributed by atoms with Gasteiger partial charge in [0.1, 0.15) is 0 Å². The average molecular weight is 226 g/mol. The van der Waals surface area contributed by atoms with Gasteiger partial charge in [-0.25, -0.2) is 0 Å². The second kappa shape index (κ2) is 6.02. The van der Waals surface area contributed by atoms with E-state index in [4.69, 9.17) is 0 Å². The van der Waals surface area contributed by atoms with Gasteiger partial charge in [-0.1, -0.05) is 27.7 Å². The molecule has 96 valence electrons. The van der Waals surface area contributed by atoms with E-state index in [2.05, 4.69) is 44.8 Å². The van der Waals surface area contributed by atoms with Crippen molar-refractivity contribution in [2.24, 2.45) is 5.92 Å². The molecule has 0 radical (unpaired) electrons. The molecule has 1 aliphatic heterocycles. The Hall–Kier alpha value is -0.0800. The molecular formula is C14H30N2. The Labute approximate surface area is 102 Å². The van der Waals surface area contributed by atoms with Crippen LogP contribution in [0.25, 0.3) is 0 Å². The van der Waals surface area contributed by atoms with Gasteiger partial charge in [-0.15, -0.1) is 0 Å². The molecule has 0 saturated carbocycles. The summed E-state index contributed by atoms with van der Waals surface area (Å²) in [6.07, 6.45) is 3.82. The Morgan fingerprint density at radius 3 is 2.56 bits per heavy atom. The fraction of sp³-hybridized carbons (Fsp3) is 1.00. The van der Waals surface area contributed by atoms with Crippen LogP contribution in [0.4, 0.5) is 0 Å². The van der Waals surface area contributed by atoms with Crippen molar-refractivity contribution >= 4 is 0 Å². The average Bonchev–Trinajstić information content (AvgIpc) is 2.26. The van der Waals surface area contributed by atoms with Gasteiger partial charge >= 0.3 is 0 Å². The molecule has 0 aromatic carbocycles. The van der Waals surface area contributed by atoms with E-state index in [1.807, 2.05) is 0 Å². The lowest BCUT2D eigenvalue weighted by Gasteiger charge is -2.46. The lowest BCUT2D eigenvalue weighted by molar-refractivity contribution is 0.0779. The molecule has 0 spiro atoms. The van der Waals surface area contributed by atoms with Crippen LogP contribution in [-0.2, 0) is 0 Å². The third-order valence-corrected chi connectivity index (χ3v) is 4.08. The molecule has 1 N–H and O–H groups in total. The van der Waals surface area contributed by atoms with Crippen molar-refractivity contribution in [2.75, 3.05) is 19.6 Å². The maximum atomic E-state index is 3.72. The van der Waals surface area contributed by atoms with Crippen LogP contribution >= 0.6 is 0 Å². The molecule has 2 nitrogen and oxygen atoms in total. The first-order valence-electron chi connectivity index (χ1n) is 6.99. The summed E-state index contributed by atoms with van der Waals surface area (Å²) in [5, 5.41) is 3.72. The van der Waals surface area contributed by atoms with Crippen LogP contribution in [0, 0.1) is 5.92 Å². The molecule has 1 rings (SSSR count). The van der Waals surface area contributed by atoms with Gasteiger partial charge in [0.2, 0.25) is 0 Å². The smallest absolute Gasteiger partial charge is 0.0278 e. The zero-order valence-electron chi connectivity index (χ0n) is 11.8. The maximum Gasteiger partial charge on any atom is 0.0278 e. The van der Waals surface area contributed by atoms with Crippen LogP contribution in [0.3, 0.4) is 0 Å². The van der Waals surface area contributed by atoms with Crippen molar-refractivity contribution in [2.45, 2.75) is 65.5 Å². The highest BCUT2D eigenvalue weighted by Gasteiger charge is 2.33. The van der Waals surface area contributed by atoms with E-state index in [9.17, 15) is 0 Å². The number of nitrogens with one attached hydrogen (secondary N) is 1. The normalized spacial score (nSPS) is 32.2. The Morgan fingerprint density at radius 1 is 1.38 bits per heavy atom. The molecule has 0 bridgehead atoms. The van der Waals surface area contributed by atoms with E-state index in [0.29, 0.717) is 5.54 Å². The zero-order chi connectivity index (χ0) is 12.2. The van der Waals surface area contributed by atoms with E-state index in [1.54, 1.807) is 0 Å². The van der Waals surface area contributed by atoms with Crippen molar-refractivity contribution in [3.8, 4) is 0 Å². The van der Waals surface area contributed by atoms with Gasteiger partial charge in [0, 0.05) is 24.7 Å². The van der Waals surface area contributed by atoms with Gasteiger partial charge < -0.3 is 5.32 Å². The van der Waals surface area contributed by atoms with Crippen molar-refractivity contribution in [3.63, 3.8) is 0 Å². The first-order valence-corrected chi connectivity index (χ1v) is 6.99. The van der Waals surface area contributed by atoms with E-state index in [1.165, 1.54) is 38.9 Å². The molecule has 2 atom stereocenters. The summed E-state index contributed by atoms with van der Waals surface area (Å²) in [5.74, 6) is 0.820. The second-order valence-electron chi connectivity index (χ2n) is 6.01. The van der Waals surface area contributed by atoms with Gasteiger partial charge in [0.05, 0.1) is 0 Å². The third kappa shape index (κ3) is 3.74. The summed E-state index contributed by atoms with van der Waals surface area (Å²) >= 11 is 0. The molecule has 2 heteroatoms. The molecular weight excluding hydrogens is 196 g/mol. The minimum absolute atomic E-state index is 0.336. The van der Waals surface area contributed by atoms with Gasteiger partial charge in [0.15, 0.2) is 0 Å². The maximum absolute atomic E-state index is 3.72. The summed E-state index contributed by atoms with van der Waals surface area (Å²) in [7, 11) is 0. The van der Waals surface area contributed by atoms with Crippen LogP contribution in [0.15, 0.2) is 0 Å². The highest BCUT2D eigenvalue weighted by atomic mass is 15.2. The highest BCUT2D eigenvalue weighted by Crippen LogP contribution is 2.21. The number of rotatable bonds is 5. The summed E-state index contributed by atoms with van der Waals surface area (Å²) < 4.78 is 0. The Morgan fingerprint density at radius 2 is 2.06 bits per heavy atom. The van der Waals surface area contributed by atoms with Crippen LogP contribution in [0.5, 0.6) is 0 Å². The SMILES string of the molecule is CCC1CNC(C)(CC)CN1CCC(C)C. The minimum Gasteiger partial charge on any atom is -0.309 e. The number of hydrogen-bond donors (Lipinski definition) is 1. The third-order valence-electron chi connectivity index (χ3n) is 4.08. The predicted molar refractivity (Wildman–Crippen MR) is 71.8 cm³/mol. The number of nitrogens with zero attached hydrogens (tertiary/aromatic N) is 1. The lowest BCUT2D eigenvalue weighted by atomic mass is 9.92. The van der Waals surface area contributed by atoms with Crippen LogP contribution in [0.1, 0.15) is 53.9 Å². The highest BCUT2D eigenvalue weighted by molar-refractivity contribution is 4.93. The molecule has 0 aliphatic carbocycles. The molecule has 1 aliphatic rings. The summed E-state index contributed by atoms with van der Waals surface area (Å²) in [5.41, 5.74) is 0.336.